The molecule has 2 aromatic heterocycles. The van der Waals surface area contributed by atoms with E-state index in [4.69, 9.17) is 0 Å². The van der Waals surface area contributed by atoms with Gasteiger partial charge in [0.1, 0.15) is 0 Å². The van der Waals surface area contributed by atoms with Crippen LogP contribution in [-0.4, -0.2) is 14.6 Å². The van der Waals surface area contributed by atoms with Gasteiger partial charge >= 0.3 is 6.18 Å². The fourth-order valence-corrected chi connectivity index (χ4v) is 1.25. The number of alkyl halides is 3. The lowest BCUT2D eigenvalue weighted by Gasteiger charge is -2.05. The summed E-state index contributed by atoms with van der Waals surface area (Å²) >= 11 is 0. The maximum absolute atomic E-state index is 12.3. The Hall–Kier alpha value is -1.59. The highest BCUT2D eigenvalue weighted by Gasteiger charge is 2.31. The maximum atomic E-state index is 12.3. The van der Waals surface area contributed by atoms with Gasteiger partial charge in [-0.05, 0) is 12.1 Å². The van der Waals surface area contributed by atoms with E-state index in [-0.39, 0.29) is 0 Å². The number of nitrogens with zero attached hydrogens (tertiary/aromatic N) is 3. The van der Waals surface area contributed by atoms with E-state index in [1.165, 1.54) is 6.07 Å². The topological polar surface area (TPSA) is 30.2 Å². The average Bonchev–Trinajstić information content (AvgIpc) is 2.57. The number of hydrogen-bond donors (Lipinski definition) is 0. The lowest BCUT2D eigenvalue weighted by atomic mass is 10.3. The lowest BCUT2D eigenvalue weighted by Crippen LogP contribution is -2.06. The Morgan fingerprint density at radius 1 is 1.33 bits per heavy atom. The van der Waals surface area contributed by atoms with Crippen LogP contribution in [0.15, 0.2) is 18.3 Å². The first kappa shape index (κ1) is 9.95. The van der Waals surface area contributed by atoms with E-state index >= 15 is 0 Å². The van der Waals surface area contributed by atoms with Gasteiger partial charge in [-0.15, -0.1) is 0 Å². The summed E-state index contributed by atoms with van der Waals surface area (Å²) in [6.07, 6.45) is -2.79. The van der Waals surface area contributed by atoms with E-state index in [0.29, 0.717) is 17.9 Å². The van der Waals surface area contributed by atoms with Crippen LogP contribution in [0.25, 0.3) is 5.65 Å². The van der Waals surface area contributed by atoms with Crippen LogP contribution in [0.1, 0.15) is 18.3 Å². The van der Waals surface area contributed by atoms with Gasteiger partial charge in [0.05, 0.1) is 5.56 Å². The summed E-state index contributed by atoms with van der Waals surface area (Å²) in [6, 6.07) is 2.32. The molecule has 0 radical (unpaired) electrons. The van der Waals surface area contributed by atoms with Crippen LogP contribution >= 0.6 is 0 Å². The van der Waals surface area contributed by atoms with Gasteiger partial charge in [0.2, 0.25) is 0 Å². The van der Waals surface area contributed by atoms with E-state index in [0.717, 1.165) is 16.8 Å². The van der Waals surface area contributed by atoms with Crippen LogP contribution in [0, 0.1) is 0 Å². The molecule has 0 aliphatic heterocycles. The fourth-order valence-electron chi connectivity index (χ4n) is 1.25. The Labute approximate surface area is 83.5 Å². The molecule has 0 amide bonds. The highest BCUT2D eigenvalue weighted by atomic mass is 19.4. The van der Waals surface area contributed by atoms with Crippen LogP contribution in [0.4, 0.5) is 13.2 Å². The third kappa shape index (κ3) is 1.79. The van der Waals surface area contributed by atoms with Crippen LogP contribution in [-0.2, 0) is 12.6 Å². The van der Waals surface area contributed by atoms with Crippen molar-refractivity contribution in [2.24, 2.45) is 0 Å². The van der Waals surface area contributed by atoms with Gasteiger partial charge in [-0.25, -0.2) is 9.50 Å². The molecule has 0 saturated heterocycles. The zero-order chi connectivity index (χ0) is 11.1. The third-order valence-electron chi connectivity index (χ3n) is 2.02. The molecule has 2 heterocycles. The summed E-state index contributed by atoms with van der Waals surface area (Å²) in [5, 5.41) is 3.91. The Balaban J connectivity index is 2.55. The van der Waals surface area contributed by atoms with E-state index in [1.807, 2.05) is 6.92 Å². The number of pyridine rings is 1. The van der Waals surface area contributed by atoms with Gasteiger partial charge in [0.15, 0.2) is 11.5 Å². The van der Waals surface area contributed by atoms with Crippen molar-refractivity contribution in [3.63, 3.8) is 0 Å². The predicted molar refractivity (Wildman–Crippen MR) is 47.4 cm³/mol. The van der Waals surface area contributed by atoms with Crippen molar-refractivity contribution in [2.45, 2.75) is 19.5 Å². The molecule has 0 unspecified atom stereocenters. The summed E-state index contributed by atoms with van der Waals surface area (Å²) in [6.45, 7) is 1.85. The summed E-state index contributed by atoms with van der Waals surface area (Å²) in [5.41, 5.74) is -0.289. The zero-order valence-corrected chi connectivity index (χ0v) is 7.91. The number of aryl methyl sites for hydroxylation is 1. The summed E-state index contributed by atoms with van der Waals surface area (Å²) < 4.78 is 38.2. The molecule has 0 bridgehead atoms. The van der Waals surface area contributed by atoms with Crippen molar-refractivity contribution >= 4 is 5.65 Å². The van der Waals surface area contributed by atoms with Crippen LogP contribution in [0.5, 0.6) is 0 Å². The monoisotopic (exact) mass is 215 g/mol. The average molecular weight is 215 g/mol. The molecule has 15 heavy (non-hydrogen) atoms. The molecule has 3 nitrogen and oxygen atoms in total. The Morgan fingerprint density at radius 3 is 2.67 bits per heavy atom. The minimum Gasteiger partial charge on any atom is -0.220 e. The molecule has 0 spiro atoms. The molecule has 80 valence electrons. The van der Waals surface area contributed by atoms with Crippen LogP contribution in [0.2, 0.25) is 0 Å². The zero-order valence-electron chi connectivity index (χ0n) is 7.91. The number of halogens is 3. The minimum absolute atomic E-state index is 0.430. The van der Waals surface area contributed by atoms with Crippen molar-refractivity contribution in [1.29, 1.82) is 0 Å². The normalized spacial score (nSPS) is 12.3. The van der Waals surface area contributed by atoms with Gasteiger partial charge in [-0.1, -0.05) is 6.92 Å². The summed E-state index contributed by atoms with van der Waals surface area (Å²) in [4.78, 5) is 4.04. The summed E-state index contributed by atoms with van der Waals surface area (Å²) in [5.74, 6) is 0.536. The Bertz CT molecular complexity index is 487. The number of rotatable bonds is 1. The lowest BCUT2D eigenvalue weighted by molar-refractivity contribution is -0.137. The molecule has 6 heteroatoms. The molecule has 0 aliphatic carbocycles. The quantitative estimate of drug-likeness (QED) is 0.730. The summed E-state index contributed by atoms with van der Waals surface area (Å²) in [7, 11) is 0. The van der Waals surface area contributed by atoms with E-state index in [1.54, 1.807) is 0 Å². The van der Waals surface area contributed by atoms with Crippen molar-refractivity contribution < 1.29 is 13.2 Å². The molecule has 0 saturated carbocycles. The molecule has 0 aliphatic rings. The first-order valence-corrected chi connectivity index (χ1v) is 4.43. The largest absolute Gasteiger partial charge is 0.417 e. The van der Waals surface area contributed by atoms with Gasteiger partial charge in [0, 0.05) is 12.6 Å². The van der Waals surface area contributed by atoms with Gasteiger partial charge in [0.25, 0.3) is 0 Å². The van der Waals surface area contributed by atoms with Crippen molar-refractivity contribution in [2.75, 3.05) is 0 Å². The minimum atomic E-state index is -4.34. The Morgan fingerprint density at radius 2 is 2.07 bits per heavy atom. The molecular formula is C9H8F3N3. The molecule has 0 aromatic carbocycles. The second-order valence-corrected chi connectivity index (χ2v) is 3.10. The predicted octanol–water partition coefficient (Wildman–Crippen LogP) is 2.31. The molecular weight excluding hydrogens is 207 g/mol. The van der Waals surface area contributed by atoms with Crippen LogP contribution < -0.4 is 0 Å². The van der Waals surface area contributed by atoms with Crippen molar-refractivity contribution in [1.82, 2.24) is 14.6 Å². The van der Waals surface area contributed by atoms with Crippen molar-refractivity contribution in [3.05, 3.63) is 29.7 Å². The number of fused-ring (bicyclic) bond motifs is 1. The first-order chi connectivity index (χ1) is 7.00. The van der Waals surface area contributed by atoms with E-state index < -0.39 is 11.7 Å². The smallest absolute Gasteiger partial charge is 0.220 e. The second kappa shape index (κ2) is 3.22. The molecule has 0 N–H and O–H groups in total. The number of aromatic nitrogens is 3. The SMILES string of the molecule is CCc1nc2ccc(C(F)(F)F)cn2n1. The van der Waals surface area contributed by atoms with Crippen LogP contribution in [0.3, 0.4) is 0 Å². The second-order valence-electron chi connectivity index (χ2n) is 3.10. The van der Waals surface area contributed by atoms with E-state index in [2.05, 4.69) is 10.1 Å². The molecule has 0 atom stereocenters. The third-order valence-corrected chi connectivity index (χ3v) is 2.02. The number of hydrogen-bond acceptors (Lipinski definition) is 2. The fraction of sp³-hybridized carbons (Fsp3) is 0.333. The van der Waals surface area contributed by atoms with Gasteiger partial charge in [-0.3, -0.25) is 0 Å². The molecule has 2 rings (SSSR count). The Kier molecular flexibility index (Phi) is 2.13. The van der Waals surface area contributed by atoms with Gasteiger partial charge in [-0.2, -0.15) is 18.3 Å². The maximum Gasteiger partial charge on any atom is 0.417 e. The highest BCUT2D eigenvalue weighted by Crippen LogP contribution is 2.28. The van der Waals surface area contributed by atoms with E-state index in [9.17, 15) is 13.2 Å². The molecule has 0 fully saturated rings. The standard InChI is InChI=1S/C9H8F3N3/c1-2-7-13-8-4-3-6(9(10,11)12)5-15(8)14-7/h3-5H,2H2,1H3. The first-order valence-electron chi connectivity index (χ1n) is 4.43. The highest BCUT2D eigenvalue weighted by molar-refractivity contribution is 5.39. The van der Waals surface area contributed by atoms with Crippen molar-refractivity contribution in [3.8, 4) is 0 Å². The molecule has 2 aromatic rings. The van der Waals surface area contributed by atoms with Gasteiger partial charge < -0.3 is 0 Å².